The molecule has 224 valence electrons. The fraction of sp³-hybridized carbons (Fsp3) is 0.550. The summed E-state index contributed by atoms with van der Waals surface area (Å²) in [5.41, 5.74) is 12.7. The molecule has 10 atom stereocenters. The number of ether oxygens (including phenoxy) is 2. The Bertz CT molecular complexity index is 1530. The molecule has 2 saturated heterocycles. The quantitative estimate of drug-likeness (QED) is 0.189. The van der Waals surface area contributed by atoms with Crippen molar-refractivity contribution in [2.75, 3.05) is 24.3 Å². The predicted octanol–water partition coefficient (Wildman–Crippen LogP) is 0.326. The molecule has 0 aliphatic carbocycles. The van der Waals surface area contributed by atoms with Gasteiger partial charge in [-0.3, -0.25) is 14.1 Å². The molecule has 7 N–H and O–H groups in total. The molecule has 22 heteroatoms. The highest BCUT2D eigenvalue weighted by atomic mass is 31.1. The van der Waals surface area contributed by atoms with Gasteiger partial charge in [-0.1, -0.05) is 0 Å². The number of fused-ring (bicyclic) bond motifs is 2. The summed E-state index contributed by atoms with van der Waals surface area (Å²) in [5, 5.41) is 14.0. The topological polar surface area (TPSA) is 259 Å². The average molecular weight is 630 g/mol. The molecule has 3 aromatic heterocycles. The number of aliphatic hydroxyl groups is 1. The SMILES string of the molecule is Nc1ncnc2c1ncn2[C@@H]1O[C@H](CO[P+](=O)O)[C@@H](O[P+](=O)OC[C@H]2O[C@@H](n3cnc4c3NC=NC4N)C[C@@H]2F)[C@H]1O. The number of imidazole rings is 2. The third-order valence-electron chi connectivity index (χ3n) is 6.88. The van der Waals surface area contributed by atoms with Crippen LogP contribution in [0.1, 0.15) is 30.7 Å². The Morgan fingerprint density at radius 2 is 1.90 bits per heavy atom. The normalized spacial score (nSPS) is 31.3. The molecule has 3 aliphatic rings. The van der Waals surface area contributed by atoms with Gasteiger partial charge in [-0.05, 0) is 0 Å². The number of aliphatic hydroxyl groups excluding tert-OH is 1. The first kappa shape index (κ1) is 28.9. The number of hydrogen-bond acceptors (Lipinski definition) is 16. The standard InChI is InChI=1S/C20H24FN10O9P2/c21-8-1-11(30-6-28-12-16(22)24-4-26-18(12)30)38-9(8)2-37-42(35)40-15-10(3-36-41(33)34)39-20(14(15)32)31-7-29-13-17(23)25-5-27-19(13)31/h4-11,14-16,20,32H,1-3,22H2,(H3-,23,24,25,26,27,33,34)/q+1/p+1/t8-,9+,10+,11+,14+,15+,16?,20+/m0/s1. The third-order valence-corrected chi connectivity index (χ3v) is 8.03. The van der Waals surface area contributed by atoms with E-state index in [-0.39, 0.29) is 23.4 Å². The summed E-state index contributed by atoms with van der Waals surface area (Å²) in [5.74, 6) is 0.616. The molecule has 2 fully saturated rings. The lowest BCUT2D eigenvalue weighted by Gasteiger charge is -2.19. The molecule has 0 aromatic carbocycles. The van der Waals surface area contributed by atoms with E-state index in [0.29, 0.717) is 11.5 Å². The number of nitrogen functional groups attached to an aromatic ring is 1. The summed E-state index contributed by atoms with van der Waals surface area (Å²) in [4.78, 5) is 29.4. The summed E-state index contributed by atoms with van der Waals surface area (Å²) in [7, 11) is -5.98. The van der Waals surface area contributed by atoms with Crippen LogP contribution in [0.3, 0.4) is 0 Å². The van der Waals surface area contributed by atoms with Crippen LogP contribution in [0, 0.1) is 0 Å². The molecular formula is C20H25FN10O9P2+2. The number of hydrogen-bond donors (Lipinski definition) is 5. The minimum Gasteiger partial charge on any atom is -0.385 e. The highest BCUT2D eigenvalue weighted by molar-refractivity contribution is 7.33. The van der Waals surface area contributed by atoms with Gasteiger partial charge in [0.1, 0.15) is 73.4 Å². The molecule has 42 heavy (non-hydrogen) atoms. The van der Waals surface area contributed by atoms with Gasteiger partial charge >= 0.3 is 16.5 Å². The summed E-state index contributed by atoms with van der Waals surface area (Å²) in [6.45, 7) is -0.953. The van der Waals surface area contributed by atoms with E-state index in [1.807, 2.05) is 0 Å². The van der Waals surface area contributed by atoms with E-state index in [9.17, 15) is 18.6 Å². The number of halogens is 1. The minimum absolute atomic E-state index is 0.0366. The highest BCUT2D eigenvalue weighted by Gasteiger charge is 2.52. The van der Waals surface area contributed by atoms with Crippen LogP contribution in [0.4, 0.5) is 16.0 Å². The fourth-order valence-corrected chi connectivity index (χ4v) is 5.95. The summed E-state index contributed by atoms with van der Waals surface area (Å²) in [6.07, 6.45) is -3.87. The maximum Gasteiger partial charge on any atom is 0.697 e. The average Bonchev–Trinajstić information content (AvgIpc) is 3.73. The van der Waals surface area contributed by atoms with E-state index in [2.05, 4.69) is 30.2 Å². The number of nitrogens with two attached hydrogens (primary N) is 2. The molecular weight excluding hydrogens is 605 g/mol. The van der Waals surface area contributed by atoms with Crippen molar-refractivity contribution in [3.05, 3.63) is 24.7 Å². The van der Waals surface area contributed by atoms with Gasteiger partial charge in [0.05, 0.1) is 19.0 Å². The molecule has 0 spiro atoms. The third kappa shape index (κ3) is 5.49. The van der Waals surface area contributed by atoms with E-state index in [0.717, 1.165) is 0 Å². The molecule has 6 rings (SSSR count). The summed E-state index contributed by atoms with van der Waals surface area (Å²) in [6, 6.07) is 0. The van der Waals surface area contributed by atoms with Gasteiger partial charge in [0, 0.05) is 15.6 Å². The van der Waals surface area contributed by atoms with Crippen LogP contribution in [-0.4, -0.2) is 89.2 Å². The van der Waals surface area contributed by atoms with Crippen LogP contribution in [0.5, 0.6) is 0 Å². The maximum absolute atomic E-state index is 14.9. The van der Waals surface area contributed by atoms with Gasteiger partial charge in [-0.2, -0.15) is 0 Å². The zero-order valence-corrected chi connectivity index (χ0v) is 23.1. The van der Waals surface area contributed by atoms with Gasteiger partial charge in [0.15, 0.2) is 23.8 Å². The van der Waals surface area contributed by atoms with Crippen molar-refractivity contribution >= 4 is 45.6 Å². The molecule has 0 radical (unpaired) electrons. The van der Waals surface area contributed by atoms with Crippen LogP contribution in [0.2, 0.25) is 0 Å². The van der Waals surface area contributed by atoms with Gasteiger partial charge in [0.2, 0.25) is 0 Å². The summed E-state index contributed by atoms with van der Waals surface area (Å²) >= 11 is 0. The molecule has 3 aromatic rings. The van der Waals surface area contributed by atoms with Crippen molar-refractivity contribution in [2.24, 2.45) is 10.7 Å². The first-order valence-corrected chi connectivity index (χ1v) is 14.7. The van der Waals surface area contributed by atoms with Gasteiger partial charge < -0.3 is 31.4 Å². The number of nitrogens with one attached hydrogen (secondary N) is 1. The zero-order valence-electron chi connectivity index (χ0n) is 21.4. The van der Waals surface area contributed by atoms with Crippen molar-refractivity contribution in [1.82, 2.24) is 29.1 Å². The van der Waals surface area contributed by atoms with Crippen molar-refractivity contribution < 1.29 is 46.6 Å². The van der Waals surface area contributed by atoms with E-state index >= 15 is 0 Å². The molecule has 0 bridgehead atoms. The number of nitrogens with zero attached hydrogens (tertiary/aromatic N) is 7. The monoisotopic (exact) mass is 630 g/mol. The fourth-order valence-electron chi connectivity index (χ4n) is 4.89. The first-order valence-electron chi connectivity index (χ1n) is 12.4. The Balaban J connectivity index is 1.10. The van der Waals surface area contributed by atoms with Crippen LogP contribution in [0.15, 0.2) is 24.0 Å². The zero-order chi connectivity index (χ0) is 29.5. The molecule has 0 amide bonds. The van der Waals surface area contributed by atoms with E-state index in [1.165, 1.54) is 29.9 Å². The second-order valence-corrected chi connectivity index (χ2v) is 11.0. The smallest absolute Gasteiger partial charge is 0.385 e. The predicted molar refractivity (Wildman–Crippen MR) is 139 cm³/mol. The number of alkyl halides is 1. The Hall–Kier alpha value is -3.16. The number of anilines is 2. The van der Waals surface area contributed by atoms with Crippen LogP contribution in [0.25, 0.3) is 11.2 Å². The Kier molecular flexibility index (Phi) is 8.16. The Morgan fingerprint density at radius 3 is 2.71 bits per heavy atom. The number of rotatable bonds is 10. The Morgan fingerprint density at radius 1 is 1.12 bits per heavy atom. The van der Waals surface area contributed by atoms with Crippen LogP contribution in [-0.2, 0) is 32.2 Å². The van der Waals surface area contributed by atoms with Crippen molar-refractivity contribution in [3.8, 4) is 0 Å². The number of aliphatic imine (C=N–C) groups is 1. The molecule has 3 unspecified atom stereocenters. The molecule has 19 nitrogen and oxygen atoms in total. The largest absolute Gasteiger partial charge is 0.697 e. The second-order valence-electron chi connectivity index (χ2n) is 9.40. The molecule has 6 heterocycles. The highest BCUT2D eigenvalue weighted by Crippen LogP contribution is 2.41. The van der Waals surface area contributed by atoms with Crippen LogP contribution < -0.4 is 16.8 Å². The van der Waals surface area contributed by atoms with E-state index < -0.39 is 78.9 Å². The first-order chi connectivity index (χ1) is 20.2. The van der Waals surface area contributed by atoms with Gasteiger partial charge in [0.25, 0.3) is 0 Å². The minimum atomic E-state index is -3.02. The lowest BCUT2D eigenvalue weighted by molar-refractivity contribution is -0.0476. The van der Waals surface area contributed by atoms with Gasteiger partial charge in [-0.15, -0.1) is 18.5 Å². The van der Waals surface area contributed by atoms with Crippen molar-refractivity contribution in [3.63, 3.8) is 0 Å². The van der Waals surface area contributed by atoms with Crippen LogP contribution >= 0.6 is 16.5 Å². The second kappa shape index (κ2) is 11.8. The van der Waals surface area contributed by atoms with Gasteiger partial charge in [-0.25, -0.2) is 24.3 Å². The molecule has 0 saturated carbocycles. The number of aromatic nitrogens is 6. The van der Waals surface area contributed by atoms with Crippen molar-refractivity contribution in [2.45, 2.75) is 55.6 Å². The lowest BCUT2D eigenvalue weighted by Crippen LogP contribution is -2.35. The summed E-state index contributed by atoms with van der Waals surface area (Å²) < 4.78 is 68.8. The van der Waals surface area contributed by atoms with E-state index in [1.54, 1.807) is 4.57 Å². The Labute approximate surface area is 236 Å². The van der Waals surface area contributed by atoms with Crippen molar-refractivity contribution in [1.29, 1.82) is 0 Å². The molecule has 3 aliphatic heterocycles. The lowest BCUT2D eigenvalue weighted by atomic mass is 10.1. The van der Waals surface area contributed by atoms with E-state index in [4.69, 9.17) is 39.4 Å². The maximum atomic E-state index is 14.9.